The number of rotatable bonds is 7. The Bertz CT molecular complexity index is 920. The van der Waals surface area contributed by atoms with Gasteiger partial charge in [0.1, 0.15) is 6.54 Å². The first-order valence-electron chi connectivity index (χ1n) is 10.1. The largest absolute Gasteiger partial charge is 0.357 e. The van der Waals surface area contributed by atoms with Crippen LogP contribution in [0.25, 0.3) is 5.65 Å². The molecule has 3 aromatic heterocycles. The van der Waals surface area contributed by atoms with Crippen molar-refractivity contribution in [3.63, 3.8) is 0 Å². The van der Waals surface area contributed by atoms with Gasteiger partial charge in [0.25, 0.3) is 0 Å². The summed E-state index contributed by atoms with van der Waals surface area (Å²) in [6.45, 7) is 4.26. The highest BCUT2D eigenvalue weighted by molar-refractivity contribution is 7.11. The van der Waals surface area contributed by atoms with Gasteiger partial charge in [-0.15, -0.1) is 21.5 Å². The van der Waals surface area contributed by atoms with Crippen molar-refractivity contribution in [1.29, 1.82) is 0 Å². The molecule has 0 aromatic carbocycles. The maximum atomic E-state index is 4.83. The summed E-state index contributed by atoms with van der Waals surface area (Å²) in [5.41, 5.74) is 2.20. The van der Waals surface area contributed by atoms with Crippen molar-refractivity contribution in [1.82, 2.24) is 30.2 Å². The average molecular weight is 398 g/mol. The molecule has 0 aliphatic heterocycles. The first kappa shape index (κ1) is 18.9. The second-order valence-corrected chi connectivity index (χ2v) is 8.12. The van der Waals surface area contributed by atoms with Crippen LogP contribution in [0.15, 0.2) is 29.4 Å². The molecule has 148 valence electrons. The molecular weight excluding hydrogens is 370 g/mol. The number of nitrogens with one attached hydrogen (secondary N) is 2. The van der Waals surface area contributed by atoms with Gasteiger partial charge < -0.3 is 10.6 Å². The third kappa shape index (κ3) is 4.49. The minimum atomic E-state index is 0.486. The number of aliphatic imine (C=N–C) groups is 1. The van der Waals surface area contributed by atoms with Crippen LogP contribution in [0.1, 0.15) is 47.6 Å². The lowest BCUT2D eigenvalue weighted by molar-refractivity contribution is 0.678. The summed E-state index contributed by atoms with van der Waals surface area (Å²) in [4.78, 5) is 11.0. The van der Waals surface area contributed by atoms with Crippen LogP contribution in [0, 0.1) is 0 Å². The lowest BCUT2D eigenvalue weighted by Crippen LogP contribution is -2.37. The lowest BCUT2D eigenvalue weighted by atomic mass is 10.0. The van der Waals surface area contributed by atoms with Crippen LogP contribution in [0.4, 0.5) is 0 Å². The fraction of sp³-hybridized carbons (Fsp3) is 0.500. The Labute approximate surface area is 169 Å². The highest BCUT2D eigenvalue weighted by atomic mass is 32.1. The van der Waals surface area contributed by atoms with Gasteiger partial charge in [-0.3, -0.25) is 4.40 Å². The van der Waals surface area contributed by atoms with Gasteiger partial charge in [0.05, 0.1) is 10.7 Å². The molecule has 3 heterocycles. The number of aromatic nitrogens is 4. The maximum Gasteiger partial charge on any atom is 0.191 e. The third-order valence-corrected chi connectivity index (χ3v) is 6.07. The molecule has 0 unspecified atom stereocenters. The van der Waals surface area contributed by atoms with E-state index in [0.29, 0.717) is 6.54 Å². The van der Waals surface area contributed by atoms with Crippen molar-refractivity contribution in [2.24, 2.45) is 4.99 Å². The molecule has 2 N–H and O–H groups in total. The number of hydrogen-bond acceptors (Lipinski definition) is 5. The summed E-state index contributed by atoms with van der Waals surface area (Å²) in [5.74, 6) is 1.65. The summed E-state index contributed by atoms with van der Waals surface area (Å²) in [7, 11) is 0. The van der Waals surface area contributed by atoms with E-state index in [9.17, 15) is 0 Å². The van der Waals surface area contributed by atoms with Gasteiger partial charge in [-0.1, -0.05) is 6.07 Å². The van der Waals surface area contributed by atoms with Gasteiger partial charge in [0.2, 0.25) is 0 Å². The predicted molar refractivity (Wildman–Crippen MR) is 113 cm³/mol. The lowest BCUT2D eigenvalue weighted by Gasteiger charge is -2.10. The van der Waals surface area contributed by atoms with Gasteiger partial charge in [-0.2, -0.15) is 0 Å². The van der Waals surface area contributed by atoms with Crippen LogP contribution in [0.2, 0.25) is 0 Å². The van der Waals surface area contributed by atoms with E-state index in [1.165, 1.54) is 41.3 Å². The van der Waals surface area contributed by atoms with E-state index < -0.39 is 0 Å². The monoisotopic (exact) mass is 397 g/mol. The molecule has 0 radical (unpaired) electrons. The van der Waals surface area contributed by atoms with Gasteiger partial charge in [0.15, 0.2) is 17.4 Å². The highest BCUT2D eigenvalue weighted by Crippen LogP contribution is 2.27. The Morgan fingerprint density at radius 1 is 1.21 bits per heavy atom. The third-order valence-electron chi connectivity index (χ3n) is 4.86. The van der Waals surface area contributed by atoms with E-state index >= 15 is 0 Å². The average Bonchev–Trinajstić information content (AvgIpc) is 3.33. The molecule has 8 heteroatoms. The van der Waals surface area contributed by atoms with Crippen molar-refractivity contribution < 1.29 is 0 Å². The first-order chi connectivity index (χ1) is 13.8. The zero-order valence-electron chi connectivity index (χ0n) is 16.3. The van der Waals surface area contributed by atoms with E-state index in [1.54, 1.807) is 0 Å². The fourth-order valence-electron chi connectivity index (χ4n) is 3.45. The zero-order valence-corrected chi connectivity index (χ0v) is 17.1. The van der Waals surface area contributed by atoms with E-state index in [2.05, 4.69) is 32.7 Å². The highest BCUT2D eigenvalue weighted by Gasteiger charge is 2.14. The minimum Gasteiger partial charge on any atom is -0.357 e. The fourth-order valence-corrected chi connectivity index (χ4v) is 4.65. The standard InChI is InChI=1S/C20H27N7S/c1-2-21-20(23-14-18-26-25-17-10-5-6-13-27(17)18)22-12-7-11-19-24-15-8-3-4-9-16(15)28-19/h5-6,10,13H,2-4,7-9,11-12,14H2,1H3,(H2,21,22,23). The van der Waals surface area contributed by atoms with Crippen LogP contribution < -0.4 is 10.6 Å². The number of aryl methyl sites for hydroxylation is 3. The molecule has 1 aliphatic carbocycles. The van der Waals surface area contributed by atoms with Crippen LogP contribution >= 0.6 is 11.3 Å². The summed E-state index contributed by atoms with van der Waals surface area (Å²) in [6, 6.07) is 5.88. The Hall–Kier alpha value is -2.48. The van der Waals surface area contributed by atoms with Crippen LogP contribution in [0.5, 0.6) is 0 Å². The van der Waals surface area contributed by atoms with E-state index in [-0.39, 0.29) is 0 Å². The number of fused-ring (bicyclic) bond motifs is 2. The molecule has 28 heavy (non-hydrogen) atoms. The zero-order chi connectivity index (χ0) is 19.2. The quantitative estimate of drug-likeness (QED) is 0.364. The number of guanidine groups is 1. The molecule has 0 amide bonds. The molecule has 1 aliphatic rings. The Morgan fingerprint density at radius 3 is 3.04 bits per heavy atom. The molecule has 0 saturated heterocycles. The normalized spacial score (nSPS) is 14.2. The van der Waals surface area contributed by atoms with Crippen LogP contribution in [-0.2, 0) is 25.8 Å². The Balaban J connectivity index is 1.29. The number of nitrogens with zero attached hydrogens (tertiary/aromatic N) is 5. The number of thiazole rings is 1. The van der Waals surface area contributed by atoms with Crippen molar-refractivity contribution in [2.75, 3.05) is 13.1 Å². The Kier molecular flexibility index (Phi) is 6.16. The topological polar surface area (TPSA) is 79.5 Å². The molecule has 0 fully saturated rings. The van der Waals surface area contributed by atoms with Gasteiger partial charge in [-0.25, -0.2) is 9.98 Å². The molecule has 4 rings (SSSR count). The molecule has 3 aromatic rings. The maximum absolute atomic E-state index is 4.83. The molecule has 0 saturated carbocycles. The first-order valence-corrected chi connectivity index (χ1v) is 10.9. The van der Waals surface area contributed by atoms with Gasteiger partial charge in [-0.05, 0) is 51.2 Å². The minimum absolute atomic E-state index is 0.486. The molecule has 0 spiro atoms. The molecular formula is C20H27N7S. The SMILES string of the molecule is CCNC(=NCc1nnc2ccccn12)NCCCc1nc2c(s1)CCCC2. The number of pyridine rings is 1. The van der Waals surface area contributed by atoms with E-state index in [1.807, 2.05) is 40.1 Å². The summed E-state index contributed by atoms with van der Waals surface area (Å²) < 4.78 is 1.97. The summed E-state index contributed by atoms with van der Waals surface area (Å²) in [6.07, 6.45) is 9.04. The van der Waals surface area contributed by atoms with Crippen molar-refractivity contribution in [2.45, 2.75) is 52.0 Å². The smallest absolute Gasteiger partial charge is 0.191 e. The van der Waals surface area contributed by atoms with Gasteiger partial charge in [0, 0.05) is 30.6 Å². The predicted octanol–water partition coefficient (Wildman–Crippen LogP) is 2.75. The summed E-state index contributed by atoms with van der Waals surface area (Å²) >= 11 is 1.91. The molecule has 0 bridgehead atoms. The molecule has 0 atom stereocenters. The van der Waals surface area contributed by atoms with Gasteiger partial charge >= 0.3 is 0 Å². The van der Waals surface area contributed by atoms with Crippen LogP contribution in [0.3, 0.4) is 0 Å². The second kappa shape index (κ2) is 9.14. The van der Waals surface area contributed by atoms with E-state index in [0.717, 1.165) is 43.4 Å². The Morgan fingerprint density at radius 2 is 2.14 bits per heavy atom. The van der Waals surface area contributed by atoms with Crippen molar-refractivity contribution >= 4 is 22.9 Å². The van der Waals surface area contributed by atoms with Crippen molar-refractivity contribution in [3.05, 3.63) is 45.8 Å². The van der Waals surface area contributed by atoms with E-state index in [4.69, 9.17) is 4.98 Å². The number of hydrogen-bond donors (Lipinski definition) is 2. The second-order valence-electron chi connectivity index (χ2n) is 6.96. The summed E-state index contributed by atoms with van der Waals surface area (Å²) in [5, 5.41) is 16.4. The molecule has 7 nitrogen and oxygen atoms in total. The van der Waals surface area contributed by atoms with Crippen molar-refractivity contribution in [3.8, 4) is 0 Å². The van der Waals surface area contributed by atoms with Crippen LogP contribution in [-0.4, -0.2) is 38.6 Å².